The van der Waals surface area contributed by atoms with Gasteiger partial charge in [0.2, 0.25) is 12.3 Å². The summed E-state index contributed by atoms with van der Waals surface area (Å²) in [6, 6.07) is 0.130. The van der Waals surface area contributed by atoms with E-state index < -0.39 is 6.16 Å². The molecule has 0 spiro atoms. The molecular weight excluding hydrogens is 424 g/mol. The van der Waals surface area contributed by atoms with Crippen LogP contribution in [-0.4, -0.2) is 138 Å². The van der Waals surface area contributed by atoms with Gasteiger partial charge in [0.15, 0.2) is 0 Å². The fourth-order valence-electron chi connectivity index (χ4n) is 2.30. The van der Waals surface area contributed by atoms with Crippen LogP contribution in [0.1, 0.15) is 13.3 Å². The van der Waals surface area contributed by atoms with Crippen LogP contribution in [-0.2, 0) is 28.5 Å². The van der Waals surface area contributed by atoms with Crippen molar-refractivity contribution >= 4 is 24.5 Å². The Morgan fingerprint density at radius 2 is 1.69 bits per heavy atom. The number of urea groups is 1. The molecule has 3 aliphatic rings. The zero-order chi connectivity index (χ0) is 24.5. The predicted molar refractivity (Wildman–Crippen MR) is 116 cm³/mol. The highest BCUT2D eigenvalue weighted by Crippen LogP contribution is 2.03. The van der Waals surface area contributed by atoms with E-state index in [-0.39, 0.29) is 18.0 Å². The van der Waals surface area contributed by atoms with Gasteiger partial charge in [-0.1, -0.05) is 0 Å². The molecule has 12 heteroatoms. The quantitative estimate of drug-likeness (QED) is 0.427. The fourth-order valence-corrected chi connectivity index (χ4v) is 2.30. The van der Waals surface area contributed by atoms with E-state index in [0.29, 0.717) is 32.8 Å². The number of likely N-dealkylation sites (N-methyl/N-ethyl adjacent to an activating group) is 2. The van der Waals surface area contributed by atoms with Gasteiger partial charge in [0.25, 0.3) is 0 Å². The Morgan fingerprint density at radius 3 is 1.94 bits per heavy atom. The number of ether oxygens (including phenoxy) is 4. The first-order valence-corrected chi connectivity index (χ1v) is 10.4. The van der Waals surface area contributed by atoms with Crippen LogP contribution in [0.3, 0.4) is 0 Å². The van der Waals surface area contributed by atoms with Crippen LogP contribution < -0.4 is 0 Å². The minimum atomic E-state index is -0.549. The number of cyclic esters (lactones) is 2. The summed E-state index contributed by atoms with van der Waals surface area (Å²) in [7, 11) is 8.68. The maximum atomic E-state index is 10.8. The van der Waals surface area contributed by atoms with Crippen LogP contribution in [0.5, 0.6) is 0 Å². The van der Waals surface area contributed by atoms with Gasteiger partial charge >= 0.3 is 12.2 Å². The number of morpholine rings is 1. The van der Waals surface area contributed by atoms with Crippen molar-refractivity contribution in [3.63, 3.8) is 0 Å². The lowest BCUT2D eigenvalue weighted by Gasteiger charge is -2.21. The molecule has 0 aliphatic carbocycles. The van der Waals surface area contributed by atoms with Gasteiger partial charge in [-0.25, -0.2) is 9.59 Å². The fraction of sp³-hybridized carbons (Fsp3) is 0.800. The van der Waals surface area contributed by atoms with Crippen LogP contribution in [0, 0.1) is 0 Å². The standard InChI is InChI=1S/C6H13NO2.C5H10N2O.C5H9NO2.C4H6O3/c1-7(2)6(8)4-5-9-3;1-6-3-4-7(2)5(6)8;7-5-6-1-3-8-4-2-6;1-3-2-6-4(5)7-3/h4-5H2,1-3H3;3-4H2,1-2H3;5H,1-4H2;3H,2H2,1H3. The van der Waals surface area contributed by atoms with E-state index in [1.165, 1.54) is 0 Å². The van der Waals surface area contributed by atoms with Crippen molar-refractivity contribution in [2.45, 2.75) is 19.4 Å². The molecule has 12 nitrogen and oxygen atoms in total. The summed E-state index contributed by atoms with van der Waals surface area (Å²) in [6.07, 6.45) is 0.742. The molecule has 3 aliphatic heterocycles. The molecule has 3 heterocycles. The normalized spacial score (nSPS) is 19.3. The first-order chi connectivity index (χ1) is 15.1. The molecule has 1 unspecified atom stereocenters. The van der Waals surface area contributed by atoms with E-state index in [1.54, 1.807) is 47.7 Å². The third kappa shape index (κ3) is 13.7. The highest BCUT2D eigenvalue weighted by molar-refractivity contribution is 5.76. The van der Waals surface area contributed by atoms with Crippen molar-refractivity contribution in [1.29, 1.82) is 0 Å². The lowest BCUT2D eigenvalue weighted by molar-refractivity contribution is -0.129. The van der Waals surface area contributed by atoms with Gasteiger partial charge in [-0.05, 0) is 6.92 Å². The molecule has 0 saturated carbocycles. The molecule has 32 heavy (non-hydrogen) atoms. The maximum absolute atomic E-state index is 10.8. The Bertz CT molecular complexity index is 558. The Kier molecular flexibility index (Phi) is 15.6. The largest absolute Gasteiger partial charge is 0.508 e. The molecule has 3 fully saturated rings. The van der Waals surface area contributed by atoms with Gasteiger partial charge in [-0.2, -0.15) is 0 Å². The first-order valence-electron chi connectivity index (χ1n) is 10.4. The third-order valence-electron chi connectivity index (χ3n) is 4.37. The monoisotopic (exact) mass is 462 g/mol. The van der Waals surface area contributed by atoms with E-state index in [0.717, 1.165) is 32.6 Å². The lowest BCUT2D eigenvalue weighted by atomic mass is 10.4. The summed E-state index contributed by atoms with van der Waals surface area (Å²) in [5, 5.41) is 0. The predicted octanol–water partition coefficient (Wildman–Crippen LogP) is 0.111. The van der Waals surface area contributed by atoms with Crippen molar-refractivity contribution in [3.8, 4) is 0 Å². The number of carbonyl (C=O) groups excluding carboxylic acids is 4. The van der Waals surface area contributed by atoms with Crippen molar-refractivity contribution in [2.24, 2.45) is 0 Å². The van der Waals surface area contributed by atoms with Gasteiger partial charge in [0.1, 0.15) is 12.7 Å². The van der Waals surface area contributed by atoms with Crippen LogP contribution in [0.25, 0.3) is 0 Å². The molecule has 4 amide bonds. The van der Waals surface area contributed by atoms with E-state index in [1.807, 2.05) is 14.1 Å². The number of nitrogens with zero attached hydrogens (tertiary/aromatic N) is 4. The van der Waals surface area contributed by atoms with Gasteiger partial charge in [0.05, 0.1) is 26.2 Å². The van der Waals surface area contributed by atoms with Gasteiger partial charge in [-0.3, -0.25) is 9.59 Å². The second kappa shape index (κ2) is 17.0. The van der Waals surface area contributed by atoms with Gasteiger partial charge < -0.3 is 38.5 Å². The molecular formula is C20H38N4O8. The second-order valence-electron chi connectivity index (χ2n) is 7.40. The summed E-state index contributed by atoms with van der Waals surface area (Å²) in [5.41, 5.74) is 0. The van der Waals surface area contributed by atoms with Crippen molar-refractivity contribution in [2.75, 3.05) is 87.9 Å². The van der Waals surface area contributed by atoms with Gasteiger partial charge in [0, 0.05) is 61.5 Å². The summed E-state index contributed by atoms with van der Waals surface area (Å²) in [5.74, 6) is 0.108. The third-order valence-corrected chi connectivity index (χ3v) is 4.37. The molecule has 1 atom stereocenters. The first kappa shape index (κ1) is 29.4. The molecule has 0 aromatic carbocycles. The Labute approximate surface area is 190 Å². The highest BCUT2D eigenvalue weighted by atomic mass is 16.8. The zero-order valence-electron chi connectivity index (χ0n) is 20.1. The van der Waals surface area contributed by atoms with Crippen molar-refractivity contribution in [1.82, 2.24) is 19.6 Å². The SMILES string of the molecule is CC1COC(=O)O1.CN1CCN(C)C1=O.COCCC(=O)N(C)C.O=CN1CCOCC1. The summed E-state index contributed by atoms with van der Waals surface area (Å²) >= 11 is 0. The number of hydrogen-bond acceptors (Lipinski definition) is 8. The Hall–Kier alpha value is -2.60. The summed E-state index contributed by atoms with van der Waals surface area (Å²) in [6.45, 7) is 7.33. The molecule has 0 aromatic heterocycles. The molecule has 3 saturated heterocycles. The minimum absolute atomic E-state index is 0.0486. The van der Waals surface area contributed by atoms with E-state index in [4.69, 9.17) is 9.47 Å². The molecule has 0 N–H and O–H groups in total. The average Bonchev–Trinajstić information content (AvgIpc) is 3.31. The minimum Gasteiger partial charge on any atom is -0.430 e. The van der Waals surface area contributed by atoms with Crippen LogP contribution in [0.15, 0.2) is 0 Å². The number of carbonyl (C=O) groups is 4. The van der Waals surface area contributed by atoms with Crippen molar-refractivity contribution in [3.05, 3.63) is 0 Å². The van der Waals surface area contributed by atoms with E-state index in [9.17, 15) is 19.2 Å². The van der Waals surface area contributed by atoms with E-state index >= 15 is 0 Å². The van der Waals surface area contributed by atoms with Crippen LogP contribution in [0.4, 0.5) is 9.59 Å². The topological polar surface area (TPSA) is 118 Å². The number of hydrogen-bond donors (Lipinski definition) is 0. The summed E-state index contributed by atoms with van der Waals surface area (Å²) < 4.78 is 18.6. The average molecular weight is 463 g/mol. The zero-order valence-corrected chi connectivity index (χ0v) is 20.1. The van der Waals surface area contributed by atoms with E-state index in [2.05, 4.69) is 9.47 Å². The molecule has 0 aromatic rings. The van der Waals surface area contributed by atoms with Crippen LogP contribution >= 0.6 is 0 Å². The maximum Gasteiger partial charge on any atom is 0.508 e. The number of amides is 4. The number of rotatable bonds is 4. The van der Waals surface area contributed by atoms with Gasteiger partial charge in [-0.15, -0.1) is 0 Å². The highest BCUT2D eigenvalue weighted by Gasteiger charge is 2.20. The number of methoxy groups -OCH3 is 1. The summed E-state index contributed by atoms with van der Waals surface area (Å²) in [4.78, 5) is 48.2. The van der Waals surface area contributed by atoms with Crippen LogP contribution in [0.2, 0.25) is 0 Å². The Balaban J connectivity index is 0.000000401. The second-order valence-corrected chi connectivity index (χ2v) is 7.40. The molecule has 0 radical (unpaired) electrons. The molecule has 0 bridgehead atoms. The lowest BCUT2D eigenvalue weighted by Crippen LogP contribution is -2.34. The van der Waals surface area contributed by atoms with Crippen molar-refractivity contribution < 1.29 is 38.1 Å². The molecule has 186 valence electrons. The smallest absolute Gasteiger partial charge is 0.430 e. The Morgan fingerprint density at radius 1 is 1.12 bits per heavy atom. The molecule has 3 rings (SSSR count).